The van der Waals surface area contributed by atoms with Gasteiger partial charge in [-0.25, -0.2) is 0 Å². The molecule has 3 atom stereocenters. The third-order valence-corrected chi connectivity index (χ3v) is 4.94. The summed E-state index contributed by atoms with van der Waals surface area (Å²) in [6, 6.07) is 8.81. The van der Waals surface area contributed by atoms with Crippen LogP contribution in [0.3, 0.4) is 0 Å². The first kappa shape index (κ1) is 15.3. The van der Waals surface area contributed by atoms with Gasteiger partial charge >= 0.3 is 0 Å². The lowest BCUT2D eigenvalue weighted by molar-refractivity contribution is -0.0973. The van der Waals surface area contributed by atoms with Gasteiger partial charge < -0.3 is 15.8 Å². The van der Waals surface area contributed by atoms with Crippen molar-refractivity contribution in [2.75, 3.05) is 19.4 Å². The van der Waals surface area contributed by atoms with Crippen molar-refractivity contribution in [3.8, 4) is 0 Å². The Morgan fingerprint density at radius 3 is 2.55 bits per heavy atom. The molecule has 20 heavy (non-hydrogen) atoms. The summed E-state index contributed by atoms with van der Waals surface area (Å²) in [6.07, 6.45) is 2.67. The molecule has 1 fully saturated rings. The molecule has 3 heteroatoms. The molecule has 0 amide bonds. The number of rotatable bonds is 6. The first-order chi connectivity index (χ1) is 9.45. The molecule has 1 aliphatic rings. The maximum absolute atomic E-state index is 5.72. The molecule has 3 N–H and O–H groups in total. The second kappa shape index (κ2) is 6.15. The molecule has 0 bridgehead atoms. The number of benzene rings is 1. The van der Waals surface area contributed by atoms with Gasteiger partial charge in [-0.05, 0) is 43.0 Å². The molecule has 0 radical (unpaired) electrons. The Hall–Kier alpha value is -1.06. The van der Waals surface area contributed by atoms with E-state index in [2.05, 4.69) is 38.2 Å². The standard InChI is InChI=1S/C17H28N2O/c1-12(13-5-7-14(18)8-6-13)9-10-19-15-11-16(20-4)17(15,2)3/h5-8,12,15-16,19H,9-11,18H2,1-4H3. The van der Waals surface area contributed by atoms with Crippen LogP contribution in [-0.2, 0) is 4.74 Å². The first-order valence-electron chi connectivity index (χ1n) is 7.56. The Morgan fingerprint density at radius 2 is 2.00 bits per heavy atom. The number of anilines is 1. The van der Waals surface area contributed by atoms with Crippen molar-refractivity contribution in [1.29, 1.82) is 0 Å². The molecular weight excluding hydrogens is 248 g/mol. The Bertz CT molecular complexity index is 427. The molecule has 0 saturated heterocycles. The highest BCUT2D eigenvalue weighted by molar-refractivity contribution is 5.40. The van der Waals surface area contributed by atoms with E-state index in [9.17, 15) is 0 Å². The van der Waals surface area contributed by atoms with Crippen molar-refractivity contribution < 1.29 is 4.74 Å². The molecule has 0 aliphatic heterocycles. The minimum atomic E-state index is 0.249. The number of hydrogen-bond acceptors (Lipinski definition) is 3. The van der Waals surface area contributed by atoms with Crippen molar-refractivity contribution >= 4 is 5.69 Å². The lowest BCUT2D eigenvalue weighted by atomic mass is 9.64. The fraction of sp³-hybridized carbons (Fsp3) is 0.647. The maximum Gasteiger partial charge on any atom is 0.0652 e. The smallest absolute Gasteiger partial charge is 0.0652 e. The molecule has 1 saturated carbocycles. The molecular formula is C17H28N2O. The minimum Gasteiger partial charge on any atom is -0.399 e. The van der Waals surface area contributed by atoms with Gasteiger partial charge in [-0.15, -0.1) is 0 Å². The molecule has 2 rings (SSSR count). The Kier molecular flexibility index (Phi) is 4.71. The summed E-state index contributed by atoms with van der Waals surface area (Å²) in [5, 5.41) is 3.68. The second-order valence-electron chi connectivity index (χ2n) is 6.64. The highest BCUT2D eigenvalue weighted by Gasteiger charge is 2.47. The average Bonchev–Trinajstić information content (AvgIpc) is 2.42. The van der Waals surface area contributed by atoms with Crippen LogP contribution in [0.1, 0.15) is 45.1 Å². The third-order valence-electron chi connectivity index (χ3n) is 4.94. The van der Waals surface area contributed by atoms with E-state index in [1.165, 1.54) is 5.56 Å². The van der Waals surface area contributed by atoms with Crippen molar-refractivity contribution in [2.45, 2.75) is 51.7 Å². The summed E-state index contributed by atoms with van der Waals surface area (Å²) in [5.41, 5.74) is 8.17. The number of hydrogen-bond donors (Lipinski definition) is 2. The fourth-order valence-electron chi connectivity index (χ4n) is 3.10. The van der Waals surface area contributed by atoms with Gasteiger partial charge in [0.05, 0.1) is 6.10 Å². The lowest BCUT2D eigenvalue weighted by Gasteiger charge is -2.51. The summed E-state index contributed by atoms with van der Waals surface area (Å²) in [4.78, 5) is 0. The summed E-state index contributed by atoms with van der Waals surface area (Å²) < 4.78 is 5.49. The first-order valence-corrected chi connectivity index (χ1v) is 7.56. The van der Waals surface area contributed by atoms with Crippen molar-refractivity contribution in [2.24, 2.45) is 5.41 Å². The number of methoxy groups -OCH3 is 1. The van der Waals surface area contributed by atoms with Crippen LogP contribution in [0.2, 0.25) is 0 Å². The lowest BCUT2D eigenvalue weighted by Crippen LogP contribution is -2.60. The number of nitrogens with one attached hydrogen (secondary N) is 1. The Balaban J connectivity index is 1.75. The zero-order valence-corrected chi connectivity index (χ0v) is 13.1. The van der Waals surface area contributed by atoms with Crippen LogP contribution in [0, 0.1) is 5.41 Å². The predicted octanol–water partition coefficient (Wildman–Crippen LogP) is 3.17. The van der Waals surface area contributed by atoms with E-state index in [4.69, 9.17) is 10.5 Å². The van der Waals surface area contributed by atoms with Gasteiger partial charge in [-0.1, -0.05) is 32.9 Å². The van der Waals surface area contributed by atoms with Crippen molar-refractivity contribution in [3.63, 3.8) is 0 Å². The highest BCUT2D eigenvalue weighted by Crippen LogP contribution is 2.42. The van der Waals surface area contributed by atoms with Crippen LogP contribution < -0.4 is 11.1 Å². The van der Waals surface area contributed by atoms with E-state index in [1.54, 1.807) is 0 Å². The monoisotopic (exact) mass is 276 g/mol. The molecule has 1 aromatic carbocycles. The fourth-order valence-corrected chi connectivity index (χ4v) is 3.10. The van der Waals surface area contributed by atoms with Gasteiger partial charge in [-0.2, -0.15) is 0 Å². The molecule has 3 unspecified atom stereocenters. The van der Waals surface area contributed by atoms with E-state index in [1.807, 2.05) is 19.2 Å². The van der Waals surface area contributed by atoms with Crippen LogP contribution >= 0.6 is 0 Å². The topological polar surface area (TPSA) is 47.3 Å². The van der Waals surface area contributed by atoms with Crippen LogP contribution in [0.25, 0.3) is 0 Å². The minimum absolute atomic E-state index is 0.249. The van der Waals surface area contributed by atoms with Crippen molar-refractivity contribution in [1.82, 2.24) is 5.32 Å². The summed E-state index contributed by atoms with van der Waals surface area (Å²) in [6.45, 7) is 7.89. The SMILES string of the molecule is COC1CC(NCCC(C)c2ccc(N)cc2)C1(C)C. The van der Waals surface area contributed by atoms with Gasteiger partial charge in [0.2, 0.25) is 0 Å². The normalized spacial score (nSPS) is 26.0. The van der Waals surface area contributed by atoms with E-state index in [0.29, 0.717) is 18.1 Å². The number of nitrogen functional groups attached to an aromatic ring is 1. The summed E-state index contributed by atoms with van der Waals surface area (Å²) in [5.74, 6) is 0.560. The third kappa shape index (κ3) is 3.15. The molecule has 0 spiro atoms. The van der Waals surface area contributed by atoms with Crippen LogP contribution in [-0.4, -0.2) is 25.8 Å². The Morgan fingerprint density at radius 1 is 1.35 bits per heavy atom. The summed E-state index contributed by atoms with van der Waals surface area (Å²) >= 11 is 0. The highest BCUT2D eigenvalue weighted by atomic mass is 16.5. The quantitative estimate of drug-likeness (QED) is 0.785. The van der Waals surface area contributed by atoms with Crippen molar-refractivity contribution in [3.05, 3.63) is 29.8 Å². The summed E-state index contributed by atoms with van der Waals surface area (Å²) in [7, 11) is 1.81. The maximum atomic E-state index is 5.72. The van der Waals surface area contributed by atoms with E-state index < -0.39 is 0 Å². The second-order valence-corrected chi connectivity index (χ2v) is 6.64. The predicted molar refractivity (Wildman–Crippen MR) is 84.9 cm³/mol. The van der Waals surface area contributed by atoms with Gasteiger partial charge in [0.25, 0.3) is 0 Å². The zero-order valence-electron chi connectivity index (χ0n) is 13.1. The van der Waals surface area contributed by atoms with Gasteiger partial charge in [0.15, 0.2) is 0 Å². The molecule has 1 aliphatic carbocycles. The largest absolute Gasteiger partial charge is 0.399 e. The number of nitrogens with two attached hydrogens (primary N) is 1. The van der Waals surface area contributed by atoms with Gasteiger partial charge in [-0.3, -0.25) is 0 Å². The van der Waals surface area contributed by atoms with Crippen LogP contribution in [0.5, 0.6) is 0 Å². The van der Waals surface area contributed by atoms with Crippen LogP contribution in [0.4, 0.5) is 5.69 Å². The van der Waals surface area contributed by atoms with Gasteiger partial charge in [0, 0.05) is 24.3 Å². The average molecular weight is 276 g/mol. The van der Waals surface area contributed by atoms with E-state index >= 15 is 0 Å². The molecule has 112 valence electrons. The van der Waals surface area contributed by atoms with Crippen LogP contribution in [0.15, 0.2) is 24.3 Å². The zero-order chi connectivity index (χ0) is 14.8. The number of ether oxygens (including phenoxy) is 1. The molecule has 0 heterocycles. The van der Waals surface area contributed by atoms with E-state index in [0.717, 1.165) is 25.1 Å². The van der Waals surface area contributed by atoms with E-state index in [-0.39, 0.29) is 5.41 Å². The Labute approximate surface area is 122 Å². The molecule has 3 nitrogen and oxygen atoms in total. The van der Waals surface area contributed by atoms with Gasteiger partial charge in [0.1, 0.15) is 0 Å². The molecule has 1 aromatic rings. The molecule has 0 aromatic heterocycles.